The molecule has 0 saturated carbocycles. The Morgan fingerprint density at radius 1 is 0.967 bits per heavy atom. The highest BCUT2D eigenvalue weighted by molar-refractivity contribution is 7.89. The Morgan fingerprint density at radius 3 is 2.37 bits per heavy atom. The number of nitrogens with two attached hydrogens (primary N) is 1. The van der Waals surface area contributed by atoms with E-state index >= 15 is 0 Å². The van der Waals surface area contributed by atoms with Gasteiger partial charge in [-0.1, -0.05) is 36.4 Å². The molecule has 0 aliphatic carbocycles. The number of nitrogens with one attached hydrogen (secondary N) is 2. The summed E-state index contributed by atoms with van der Waals surface area (Å²) >= 11 is 0. The first-order chi connectivity index (χ1) is 13.0. The largest absolute Gasteiger partial charge is 0.323 e. The standard InChI is InChI=1S/C20H24N4O2S.3ClH/c1-15(12-23-14-20(21)16-5-3-2-4-6-16)24-27(25,26)19-8-7-18-13-22-10-9-17(18)11-19;;;/h2-11,13,15,20,23-24H,12,14,21H2,1H3;3*1H/t15-,20-;;;/m1.../s1. The van der Waals surface area contributed by atoms with Crippen LogP contribution >= 0.6 is 37.2 Å². The highest BCUT2D eigenvalue weighted by atomic mass is 35.5. The molecule has 2 aromatic carbocycles. The summed E-state index contributed by atoms with van der Waals surface area (Å²) in [5.41, 5.74) is 7.19. The zero-order valence-electron chi connectivity index (χ0n) is 16.4. The van der Waals surface area contributed by atoms with E-state index in [4.69, 9.17) is 5.73 Å². The molecule has 166 valence electrons. The van der Waals surface area contributed by atoms with Crippen LogP contribution in [0.5, 0.6) is 0 Å². The molecule has 0 bridgehead atoms. The Balaban J connectivity index is 0.00000280. The van der Waals surface area contributed by atoms with Gasteiger partial charge in [0.05, 0.1) is 4.90 Å². The van der Waals surface area contributed by atoms with Crippen LogP contribution in [0.2, 0.25) is 0 Å². The average Bonchev–Trinajstić information content (AvgIpc) is 2.67. The van der Waals surface area contributed by atoms with Crippen LogP contribution in [0.4, 0.5) is 0 Å². The smallest absolute Gasteiger partial charge is 0.240 e. The number of halogens is 3. The van der Waals surface area contributed by atoms with Crippen LogP contribution in [0, 0.1) is 0 Å². The van der Waals surface area contributed by atoms with Crippen LogP contribution in [0.15, 0.2) is 71.9 Å². The molecular formula is C20H27Cl3N4O2S. The maximum absolute atomic E-state index is 12.6. The zero-order valence-corrected chi connectivity index (χ0v) is 19.7. The highest BCUT2D eigenvalue weighted by Gasteiger charge is 2.18. The minimum absolute atomic E-state index is 0. The number of nitrogens with zero attached hydrogens (tertiary/aromatic N) is 1. The Bertz CT molecular complexity index is 1010. The molecule has 0 amide bonds. The third kappa shape index (κ3) is 7.67. The van der Waals surface area contributed by atoms with Crippen LogP contribution in [-0.4, -0.2) is 32.5 Å². The Morgan fingerprint density at radius 2 is 1.67 bits per heavy atom. The summed E-state index contributed by atoms with van der Waals surface area (Å²) in [5.74, 6) is 0. The molecular weight excluding hydrogens is 467 g/mol. The fourth-order valence-corrected chi connectivity index (χ4v) is 4.16. The minimum Gasteiger partial charge on any atom is -0.323 e. The third-order valence-corrected chi connectivity index (χ3v) is 5.91. The van der Waals surface area contributed by atoms with Crippen molar-refractivity contribution in [1.82, 2.24) is 15.0 Å². The van der Waals surface area contributed by atoms with E-state index in [9.17, 15) is 8.42 Å². The van der Waals surface area contributed by atoms with Gasteiger partial charge in [0.25, 0.3) is 0 Å². The number of fused-ring (bicyclic) bond motifs is 1. The lowest BCUT2D eigenvalue weighted by Crippen LogP contribution is -2.41. The molecule has 1 aromatic heterocycles. The number of aromatic nitrogens is 1. The molecule has 2 atom stereocenters. The number of pyridine rings is 1. The van der Waals surface area contributed by atoms with Crippen molar-refractivity contribution >= 4 is 58.0 Å². The number of hydrogen-bond donors (Lipinski definition) is 3. The molecule has 0 spiro atoms. The number of rotatable bonds is 8. The topological polar surface area (TPSA) is 97.1 Å². The van der Waals surface area contributed by atoms with Crippen molar-refractivity contribution < 1.29 is 8.42 Å². The third-order valence-electron chi connectivity index (χ3n) is 4.32. The van der Waals surface area contributed by atoms with Gasteiger partial charge in [0.15, 0.2) is 0 Å². The average molecular weight is 494 g/mol. The second-order valence-electron chi connectivity index (χ2n) is 6.58. The summed E-state index contributed by atoms with van der Waals surface area (Å²) in [7, 11) is -3.60. The van der Waals surface area contributed by atoms with Gasteiger partial charge in [0, 0.05) is 43.0 Å². The summed E-state index contributed by atoms with van der Waals surface area (Å²) in [6.07, 6.45) is 3.36. The van der Waals surface area contributed by atoms with Crippen molar-refractivity contribution in [2.24, 2.45) is 5.73 Å². The van der Waals surface area contributed by atoms with Crippen LogP contribution in [-0.2, 0) is 10.0 Å². The zero-order chi connectivity index (χ0) is 19.3. The van der Waals surface area contributed by atoms with Crippen molar-refractivity contribution in [3.63, 3.8) is 0 Å². The molecule has 0 unspecified atom stereocenters. The van der Waals surface area contributed by atoms with Gasteiger partial charge in [-0.2, -0.15) is 0 Å². The lowest BCUT2D eigenvalue weighted by molar-refractivity contribution is 0.520. The van der Waals surface area contributed by atoms with Gasteiger partial charge in [-0.15, -0.1) is 37.2 Å². The molecule has 0 saturated heterocycles. The predicted octanol–water partition coefficient (Wildman–Crippen LogP) is 3.46. The minimum atomic E-state index is -3.60. The van der Waals surface area contributed by atoms with Crippen molar-refractivity contribution in [1.29, 1.82) is 0 Å². The summed E-state index contributed by atoms with van der Waals surface area (Å²) in [4.78, 5) is 4.28. The Hall–Kier alpha value is -1.45. The van der Waals surface area contributed by atoms with Crippen molar-refractivity contribution in [2.75, 3.05) is 13.1 Å². The van der Waals surface area contributed by atoms with Gasteiger partial charge < -0.3 is 11.1 Å². The monoisotopic (exact) mass is 492 g/mol. The summed E-state index contributed by atoms with van der Waals surface area (Å²) in [6.45, 7) is 2.87. The molecule has 10 heteroatoms. The molecule has 0 aliphatic heterocycles. The van der Waals surface area contributed by atoms with Crippen molar-refractivity contribution in [3.8, 4) is 0 Å². The summed E-state index contributed by atoms with van der Waals surface area (Å²) in [6, 6.07) is 16.2. The molecule has 0 fully saturated rings. The maximum Gasteiger partial charge on any atom is 0.240 e. The quantitative estimate of drug-likeness (QED) is 0.446. The van der Waals surface area contributed by atoms with Crippen LogP contribution < -0.4 is 15.8 Å². The summed E-state index contributed by atoms with van der Waals surface area (Å²) < 4.78 is 28.0. The second kappa shape index (κ2) is 13.1. The Kier molecular flexibility index (Phi) is 12.4. The van der Waals surface area contributed by atoms with E-state index in [0.29, 0.717) is 13.1 Å². The first-order valence-electron chi connectivity index (χ1n) is 8.83. The van der Waals surface area contributed by atoms with Crippen LogP contribution in [0.25, 0.3) is 10.8 Å². The van der Waals surface area contributed by atoms with E-state index < -0.39 is 10.0 Å². The van der Waals surface area contributed by atoms with Crippen molar-refractivity contribution in [3.05, 3.63) is 72.6 Å². The Labute approximate surface area is 196 Å². The molecule has 4 N–H and O–H groups in total. The van der Waals surface area contributed by atoms with Gasteiger partial charge in [-0.3, -0.25) is 4.98 Å². The molecule has 0 aliphatic rings. The predicted molar refractivity (Wildman–Crippen MR) is 130 cm³/mol. The van der Waals surface area contributed by atoms with E-state index in [2.05, 4.69) is 15.0 Å². The van der Waals surface area contributed by atoms with E-state index in [1.165, 1.54) is 0 Å². The van der Waals surface area contributed by atoms with E-state index in [1.807, 2.05) is 37.3 Å². The van der Waals surface area contributed by atoms with E-state index in [-0.39, 0.29) is 54.2 Å². The van der Waals surface area contributed by atoms with Crippen LogP contribution in [0.1, 0.15) is 18.5 Å². The second-order valence-corrected chi connectivity index (χ2v) is 8.30. The SMILES string of the molecule is C[C@H](CNC[C@@H](N)c1ccccc1)NS(=O)(=O)c1ccc2cnccc2c1.Cl.Cl.Cl. The van der Waals surface area contributed by atoms with Gasteiger partial charge >= 0.3 is 0 Å². The molecule has 3 rings (SSSR count). The van der Waals surface area contributed by atoms with E-state index in [1.54, 1.807) is 36.7 Å². The lowest BCUT2D eigenvalue weighted by Gasteiger charge is -2.18. The first-order valence-corrected chi connectivity index (χ1v) is 10.3. The fraction of sp³-hybridized carbons (Fsp3) is 0.250. The number of benzene rings is 2. The molecule has 30 heavy (non-hydrogen) atoms. The van der Waals surface area contributed by atoms with Gasteiger partial charge in [-0.25, -0.2) is 13.1 Å². The summed E-state index contributed by atoms with van der Waals surface area (Å²) in [5, 5.41) is 4.97. The molecule has 3 aromatic rings. The maximum atomic E-state index is 12.6. The first kappa shape index (κ1) is 28.5. The molecule has 1 heterocycles. The lowest BCUT2D eigenvalue weighted by atomic mass is 10.1. The van der Waals surface area contributed by atoms with Crippen LogP contribution in [0.3, 0.4) is 0 Å². The normalized spacial score (nSPS) is 12.7. The van der Waals surface area contributed by atoms with Gasteiger partial charge in [0.2, 0.25) is 10.0 Å². The van der Waals surface area contributed by atoms with Gasteiger partial charge in [0.1, 0.15) is 0 Å². The highest BCUT2D eigenvalue weighted by Crippen LogP contribution is 2.18. The van der Waals surface area contributed by atoms with Crippen molar-refractivity contribution in [2.45, 2.75) is 23.9 Å². The number of sulfonamides is 1. The number of hydrogen-bond acceptors (Lipinski definition) is 5. The molecule has 6 nitrogen and oxygen atoms in total. The van der Waals surface area contributed by atoms with E-state index in [0.717, 1.165) is 16.3 Å². The fourth-order valence-electron chi connectivity index (χ4n) is 2.88. The molecule has 0 radical (unpaired) electrons. The van der Waals surface area contributed by atoms with Gasteiger partial charge in [-0.05, 0) is 36.1 Å².